The van der Waals surface area contributed by atoms with E-state index in [-0.39, 0.29) is 5.82 Å². The normalized spacial score (nSPS) is 29.2. The van der Waals surface area contributed by atoms with E-state index in [1.807, 2.05) is 6.07 Å². The van der Waals surface area contributed by atoms with E-state index in [0.29, 0.717) is 6.04 Å². The van der Waals surface area contributed by atoms with Gasteiger partial charge >= 0.3 is 0 Å². The molecule has 0 aromatic heterocycles. The highest BCUT2D eigenvalue weighted by molar-refractivity contribution is 5.49. The summed E-state index contributed by atoms with van der Waals surface area (Å²) < 4.78 is 14.5. The van der Waals surface area contributed by atoms with Gasteiger partial charge in [0.2, 0.25) is 0 Å². The zero-order valence-electron chi connectivity index (χ0n) is 14.2. The molecule has 3 fully saturated rings. The average molecular weight is 317 g/mol. The van der Waals surface area contributed by atoms with Crippen LogP contribution in [0.3, 0.4) is 0 Å². The summed E-state index contributed by atoms with van der Waals surface area (Å²) in [7, 11) is 0. The summed E-state index contributed by atoms with van der Waals surface area (Å²) in [6.07, 6.45) is 5.03. The van der Waals surface area contributed by atoms with Crippen LogP contribution in [0.2, 0.25) is 0 Å². The Morgan fingerprint density at radius 3 is 2.70 bits per heavy atom. The molecule has 3 heterocycles. The molecule has 2 atom stereocenters. The summed E-state index contributed by atoms with van der Waals surface area (Å²) in [5, 5.41) is 0. The molecule has 3 nitrogen and oxygen atoms in total. The molecule has 4 heteroatoms. The van der Waals surface area contributed by atoms with Gasteiger partial charge in [0, 0.05) is 44.8 Å². The average Bonchev–Trinajstić information content (AvgIpc) is 3.19. The van der Waals surface area contributed by atoms with E-state index >= 15 is 0 Å². The van der Waals surface area contributed by atoms with Gasteiger partial charge in [0.25, 0.3) is 0 Å². The Labute approximate surface area is 139 Å². The van der Waals surface area contributed by atoms with Crippen LogP contribution in [-0.2, 0) is 6.54 Å². The van der Waals surface area contributed by atoms with Crippen LogP contribution in [0, 0.1) is 5.82 Å². The van der Waals surface area contributed by atoms with Gasteiger partial charge in [-0.15, -0.1) is 0 Å². The highest BCUT2D eigenvalue weighted by Gasteiger charge is 2.34. The largest absolute Gasteiger partial charge is 0.369 e. The van der Waals surface area contributed by atoms with Crippen molar-refractivity contribution in [3.05, 3.63) is 29.6 Å². The second-order valence-corrected chi connectivity index (χ2v) is 7.55. The molecule has 0 amide bonds. The molecule has 0 N–H and O–H groups in total. The van der Waals surface area contributed by atoms with Gasteiger partial charge in [-0.25, -0.2) is 4.39 Å². The summed E-state index contributed by atoms with van der Waals surface area (Å²) in [5.41, 5.74) is 1.91. The highest BCUT2D eigenvalue weighted by Crippen LogP contribution is 2.28. The molecule has 1 aromatic rings. The lowest BCUT2D eigenvalue weighted by atomic mass is 10.1. The van der Waals surface area contributed by atoms with Gasteiger partial charge in [0.15, 0.2) is 0 Å². The Bertz CT molecular complexity index is 556. The van der Waals surface area contributed by atoms with Crippen LogP contribution in [0.1, 0.15) is 38.2 Å². The summed E-state index contributed by atoms with van der Waals surface area (Å²) in [6.45, 7) is 8.75. The molecule has 3 saturated heterocycles. The van der Waals surface area contributed by atoms with Crippen molar-refractivity contribution in [3.8, 4) is 0 Å². The summed E-state index contributed by atoms with van der Waals surface area (Å²) >= 11 is 0. The Kier molecular flexibility index (Phi) is 4.29. The maximum Gasteiger partial charge on any atom is 0.146 e. The number of benzene rings is 1. The molecule has 0 radical (unpaired) electrons. The first kappa shape index (κ1) is 15.4. The molecule has 0 aliphatic carbocycles. The molecule has 0 unspecified atom stereocenters. The first-order valence-electron chi connectivity index (χ1n) is 9.22. The topological polar surface area (TPSA) is 9.72 Å². The van der Waals surface area contributed by atoms with Crippen LogP contribution in [0.25, 0.3) is 0 Å². The maximum absolute atomic E-state index is 14.5. The van der Waals surface area contributed by atoms with Crippen molar-refractivity contribution in [3.63, 3.8) is 0 Å². The molecule has 4 rings (SSSR count). The molecular formula is C19H28FN3. The molecule has 23 heavy (non-hydrogen) atoms. The minimum atomic E-state index is -0.0449. The van der Waals surface area contributed by atoms with Crippen molar-refractivity contribution < 1.29 is 4.39 Å². The van der Waals surface area contributed by atoms with E-state index in [4.69, 9.17) is 0 Å². The van der Waals surface area contributed by atoms with Crippen LogP contribution in [-0.4, -0.2) is 54.6 Å². The SMILES string of the molecule is C[C@H]1CN2CCC[C@@H]2CN1Cc1ccc(N2CCCC2)c(F)c1. The first-order valence-corrected chi connectivity index (χ1v) is 9.22. The summed E-state index contributed by atoms with van der Waals surface area (Å²) in [5.74, 6) is -0.0449. The third kappa shape index (κ3) is 3.11. The predicted octanol–water partition coefficient (Wildman–Crippen LogP) is 3.09. The van der Waals surface area contributed by atoms with Crippen molar-refractivity contribution in [1.29, 1.82) is 0 Å². The molecule has 3 aliphatic rings. The second kappa shape index (κ2) is 6.40. The quantitative estimate of drug-likeness (QED) is 0.848. The van der Waals surface area contributed by atoms with E-state index in [1.54, 1.807) is 6.07 Å². The Balaban J connectivity index is 1.45. The maximum atomic E-state index is 14.5. The Morgan fingerprint density at radius 2 is 1.91 bits per heavy atom. The lowest BCUT2D eigenvalue weighted by Crippen LogP contribution is -2.54. The standard InChI is InChI=1S/C19H28FN3/c1-15-12-22-10-4-5-17(22)14-23(15)13-16-6-7-19(18(20)11-16)21-8-2-3-9-21/h6-7,11,15,17H,2-5,8-10,12-14H2,1H3/t15-,17+/m0/s1. The molecule has 3 aliphatic heterocycles. The van der Waals surface area contributed by atoms with Crippen molar-refractivity contribution in [2.24, 2.45) is 0 Å². The number of hydrogen-bond acceptors (Lipinski definition) is 3. The van der Waals surface area contributed by atoms with E-state index in [1.165, 1.54) is 38.8 Å². The van der Waals surface area contributed by atoms with Crippen LogP contribution in [0.5, 0.6) is 0 Å². The molecular weight excluding hydrogens is 289 g/mol. The van der Waals surface area contributed by atoms with E-state index < -0.39 is 0 Å². The van der Waals surface area contributed by atoms with Gasteiger partial charge in [-0.1, -0.05) is 6.07 Å². The molecule has 0 spiro atoms. The van der Waals surface area contributed by atoms with Gasteiger partial charge in [0.1, 0.15) is 5.82 Å². The minimum absolute atomic E-state index is 0.0449. The van der Waals surface area contributed by atoms with Crippen molar-refractivity contribution >= 4 is 5.69 Å². The van der Waals surface area contributed by atoms with Crippen LogP contribution < -0.4 is 4.90 Å². The van der Waals surface area contributed by atoms with E-state index in [9.17, 15) is 4.39 Å². The number of fused-ring (bicyclic) bond motifs is 1. The van der Waals surface area contributed by atoms with Gasteiger partial charge in [0.05, 0.1) is 5.69 Å². The van der Waals surface area contributed by atoms with Crippen molar-refractivity contribution in [2.75, 3.05) is 37.6 Å². The van der Waals surface area contributed by atoms with Crippen molar-refractivity contribution in [2.45, 2.75) is 51.2 Å². The third-order valence-corrected chi connectivity index (χ3v) is 5.91. The minimum Gasteiger partial charge on any atom is -0.369 e. The molecule has 126 valence electrons. The van der Waals surface area contributed by atoms with Crippen molar-refractivity contribution in [1.82, 2.24) is 9.80 Å². The van der Waals surface area contributed by atoms with E-state index in [0.717, 1.165) is 43.5 Å². The fourth-order valence-corrected chi connectivity index (χ4v) is 4.57. The lowest BCUT2D eigenvalue weighted by molar-refractivity contribution is 0.0540. The first-order chi connectivity index (χ1) is 11.2. The van der Waals surface area contributed by atoms with Gasteiger partial charge in [-0.3, -0.25) is 9.80 Å². The fourth-order valence-electron chi connectivity index (χ4n) is 4.57. The fraction of sp³-hybridized carbons (Fsp3) is 0.684. The smallest absolute Gasteiger partial charge is 0.146 e. The molecule has 0 bridgehead atoms. The Morgan fingerprint density at radius 1 is 1.09 bits per heavy atom. The predicted molar refractivity (Wildman–Crippen MR) is 92.3 cm³/mol. The Hall–Kier alpha value is -1.13. The monoisotopic (exact) mass is 317 g/mol. The second-order valence-electron chi connectivity index (χ2n) is 7.55. The lowest BCUT2D eigenvalue weighted by Gasteiger charge is -2.42. The number of rotatable bonds is 3. The zero-order chi connectivity index (χ0) is 15.8. The van der Waals surface area contributed by atoms with Crippen LogP contribution in [0.4, 0.5) is 10.1 Å². The van der Waals surface area contributed by atoms with Gasteiger partial charge < -0.3 is 4.90 Å². The molecule has 1 aromatic carbocycles. The van der Waals surface area contributed by atoms with Gasteiger partial charge in [-0.05, 0) is 56.8 Å². The van der Waals surface area contributed by atoms with Crippen LogP contribution >= 0.6 is 0 Å². The number of nitrogens with zero attached hydrogens (tertiary/aromatic N) is 3. The molecule has 0 saturated carbocycles. The van der Waals surface area contributed by atoms with Gasteiger partial charge in [-0.2, -0.15) is 0 Å². The highest BCUT2D eigenvalue weighted by atomic mass is 19.1. The number of piperazine rings is 1. The summed E-state index contributed by atoms with van der Waals surface area (Å²) in [6, 6.07) is 7.17. The van der Waals surface area contributed by atoms with Crippen LogP contribution in [0.15, 0.2) is 18.2 Å². The van der Waals surface area contributed by atoms with E-state index in [2.05, 4.69) is 27.7 Å². The zero-order valence-corrected chi connectivity index (χ0v) is 14.2. The third-order valence-electron chi connectivity index (χ3n) is 5.91. The number of hydrogen-bond donors (Lipinski definition) is 0. The number of halogens is 1. The number of anilines is 1. The summed E-state index contributed by atoms with van der Waals surface area (Å²) in [4.78, 5) is 7.36.